The van der Waals surface area contributed by atoms with Gasteiger partial charge in [0.2, 0.25) is 5.91 Å². The number of ether oxygens (including phenoxy) is 1. The van der Waals surface area contributed by atoms with Crippen LogP contribution in [0.5, 0.6) is 5.75 Å². The van der Waals surface area contributed by atoms with Gasteiger partial charge in [-0.3, -0.25) is 14.9 Å². The minimum absolute atomic E-state index is 0.0171. The smallest absolute Gasteiger partial charge is 0.262 e. The van der Waals surface area contributed by atoms with Crippen LogP contribution in [0.2, 0.25) is 5.02 Å². The van der Waals surface area contributed by atoms with Crippen molar-refractivity contribution in [1.29, 1.82) is 0 Å². The Bertz CT molecular complexity index is 706. The second-order valence-electron chi connectivity index (χ2n) is 6.44. The molecule has 2 unspecified atom stereocenters. The molecule has 1 aromatic rings. The molecule has 0 aliphatic heterocycles. The van der Waals surface area contributed by atoms with E-state index in [1.807, 2.05) is 20.1 Å². The number of hydrogen-bond acceptors (Lipinski definition) is 5. The first-order chi connectivity index (χ1) is 13.8. The Hall–Kier alpha value is -1.77. The summed E-state index contributed by atoms with van der Waals surface area (Å²) < 4.78 is 18.6. The summed E-state index contributed by atoms with van der Waals surface area (Å²) in [6.45, 7) is 7.89. The SMILES string of the molecule is C=C(CCNC(=O)C(CCC)NC(C)SC)NC(=O)COc1ccc(Cl)c(F)c1. The number of halogens is 2. The van der Waals surface area contributed by atoms with Crippen LogP contribution in [0.25, 0.3) is 0 Å². The van der Waals surface area contributed by atoms with Crippen molar-refractivity contribution in [3.05, 3.63) is 41.3 Å². The van der Waals surface area contributed by atoms with Crippen LogP contribution in [0.3, 0.4) is 0 Å². The van der Waals surface area contributed by atoms with Crippen molar-refractivity contribution in [2.24, 2.45) is 0 Å². The van der Waals surface area contributed by atoms with Gasteiger partial charge in [-0.15, -0.1) is 11.8 Å². The standard InChI is InChI=1S/C20H29ClFN3O3S/c1-5-6-18(25-14(3)29-4)20(27)23-10-9-13(2)24-19(26)12-28-15-7-8-16(21)17(22)11-15/h7-8,11,14,18,25H,2,5-6,9-10,12H2,1,3-4H3,(H,23,27)(H,24,26). The maximum Gasteiger partial charge on any atom is 0.262 e. The Labute approximate surface area is 181 Å². The molecule has 0 saturated heterocycles. The molecule has 0 aromatic heterocycles. The van der Waals surface area contributed by atoms with Crippen LogP contribution in [0.1, 0.15) is 33.1 Å². The van der Waals surface area contributed by atoms with Gasteiger partial charge in [-0.05, 0) is 31.7 Å². The first-order valence-electron chi connectivity index (χ1n) is 9.38. The second-order valence-corrected chi connectivity index (χ2v) is 8.03. The van der Waals surface area contributed by atoms with E-state index in [2.05, 4.69) is 22.5 Å². The van der Waals surface area contributed by atoms with Crippen molar-refractivity contribution < 1.29 is 18.7 Å². The van der Waals surface area contributed by atoms with Crippen molar-refractivity contribution in [3.8, 4) is 5.75 Å². The van der Waals surface area contributed by atoms with E-state index in [4.69, 9.17) is 16.3 Å². The van der Waals surface area contributed by atoms with Crippen molar-refractivity contribution in [2.75, 3.05) is 19.4 Å². The topological polar surface area (TPSA) is 79.5 Å². The number of benzene rings is 1. The summed E-state index contributed by atoms with van der Waals surface area (Å²) in [5, 5.41) is 8.91. The van der Waals surface area contributed by atoms with E-state index >= 15 is 0 Å². The van der Waals surface area contributed by atoms with Crippen LogP contribution in [-0.4, -0.2) is 42.6 Å². The van der Waals surface area contributed by atoms with Crippen LogP contribution < -0.4 is 20.7 Å². The van der Waals surface area contributed by atoms with Crippen molar-refractivity contribution >= 4 is 35.2 Å². The molecule has 0 saturated carbocycles. The average Bonchev–Trinajstić information content (AvgIpc) is 2.68. The number of carbonyl (C=O) groups excluding carboxylic acids is 2. The molecule has 0 aliphatic rings. The van der Waals surface area contributed by atoms with Gasteiger partial charge in [0.25, 0.3) is 5.91 Å². The maximum atomic E-state index is 13.3. The lowest BCUT2D eigenvalue weighted by Crippen LogP contribution is -2.47. The third-order valence-electron chi connectivity index (χ3n) is 3.99. The Morgan fingerprint density at radius 1 is 1.38 bits per heavy atom. The average molecular weight is 446 g/mol. The summed E-state index contributed by atoms with van der Waals surface area (Å²) >= 11 is 7.24. The van der Waals surface area contributed by atoms with Gasteiger partial charge in [-0.1, -0.05) is 31.5 Å². The van der Waals surface area contributed by atoms with Gasteiger partial charge in [-0.25, -0.2) is 4.39 Å². The molecule has 0 fully saturated rings. The zero-order chi connectivity index (χ0) is 21.8. The molecular formula is C20H29ClFN3O3S. The van der Waals surface area contributed by atoms with E-state index in [1.165, 1.54) is 12.1 Å². The Balaban J connectivity index is 2.33. The Morgan fingerprint density at radius 2 is 2.10 bits per heavy atom. The van der Waals surface area contributed by atoms with E-state index in [0.717, 1.165) is 18.9 Å². The van der Waals surface area contributed by atoms with Crippen LogP contribution >= 0.6 is 23.4 Å². The quantitative estimate of drug-likeness (QED) is 0.405. The molecule has 0 aliphatic carbocycles. The molecule has 1 aromatic carbocycles. The zero-order valence-electron chi connectivity index (χ0n) is 17.0. The zero-order valence-corrected chi connectivity index (χ0v) is 18.6. The van der Waals surface area contributed by atoms with Gasteiger partial charge in [0.05, 0.1) is 16.4 Å². The molecule has 162 valence electrons. The van der Waals surface area contributed by atoms with Gasteiger partial charge >= 0.3 is 0 Å². The van der Waals surface area contributed by atoms with Crippen molar-refractivity contribution in [2.45, 2.75) is 44.5 Å². The first-order valence-corrected chi connectivity index (χ1v) is 11.0. The van der Waals surface area contributed by atoms with E-state index < -0.39 is 11.7 Å². The molecule has 0 spiro atoms. The minimum Gasteiger partial charge on any atom is -0.484 e. The van der Waals surface area contributed by atoms with Crippen LogP contribution in [-0.2, 0) is 9.59 Å². The summed E-state index contributed by atoms with van der Waals surface area (Å²) in [6, 6.07) is 3.69. The summed E-state index contributed by atoms with van der Waals surface area (Å²) in [5.74, 6) is -0.905. The summed E-state index contributed by atoms with van der Waals surface area (Å²) in [7, 11) is 0. The number of amides is 2. The molecule has 0 radical (unpaired) electrons. The fraction of sp³-hybridized carbons (Fsp3) is 0.500. The van der Waals surface area contributed by atoms with Gasteiger partial charge in [0.1, 0.15) is 11.6 Å². The molecule has 0 bridgehead atoms. The largest absolute Gasteiger partial charge is 0.484 e. The maximum absolute atomic E-state index is 13.3. The van der Waals surface area contributed by atoms with E-state index in [0.29, 0.717) is 18.7 Å². The third-order valence-corrected chi connectivity index (χ3v) is 5.14. The molecule has 2 amide bonds. The van der Waals surface area contributed by atoms with E-state index in [1.54, 1.807) is 11.8 Å². The normalized spacial score (nSPS) is 12.7. The highest BCUT2D eigenvalue weighted by Crippen LogP contribution is 2.20. The lowest BCUT2D eigenvalue weighted by Gasteiger charge is -2.21. The molecule has 2 atom stereocenters. The number of thioether (sulfide) groups is 1. The van der Waals surface area contributed by atoms with Crippen LogP contribution in [0, 0.1) is 5.82 Å². The molecule has 1 rings (SSSR count). The fourth-order valence-electron chi connectivity index (χ4n) is 2.40. The number of hydrogen-bond donors (Lipinski definition) is 3. The van der Waals surface area contributed by atoms with Gasteiger partial charge in [0.15, 0.2) is 6.61 Å². The highest BCUT2D eigenvalue weighted by Gasteiger charge is 2.18. The fourth-order valence-corrected chi connectivity index (χ4v) is 2.82. The summed E-state index contributed by atoms with van der Waals surface area (Å²) in [5.41, 5.74) is 0.457. The highest BCUT2D eigenvalue weighted by molar-refractivity contribution is 7.99. The molecule has 29 heavy (non-hydrogen) atoms. The number of nitrogens with one attached hydrogen (secondary N) is 3. The number of carbonyl (C=O) groups is 2. The molecule has 6 nitrogen and oxygen atoms in total. The first kappa shape index (κ1) is 25.3. The lowest BCUT2D eigenvalue weighted by molar-refractivity contribution is -0.123. The summed E-state index contributed by atoms with van der Waals surface area (Å²) in [6.07, 6.45) is 4.02. The Morgan fingerprint density at radius 3 is 2.72 bits per heavy atom. The predicted molar refractivity (Wildman–Crippen MR) is 117 cm³/mol. The number of rotatable bonds is 13. The monoisotopic (exact) mass is 445 g/mol. The molecule has 3 N–H and O–H groups in total. The third kappa shape index (κ3) is 10.0. The molecule has 0 heterocycles. The Kier molecular flexibility index (Phi) is 11.7. The van der Waals surface area contributed by atoms with Gasteiger partial charge in [-0.2, -0.15) is 0 Å². The lowest BCUT2D eigenvalue weighted by atomic mass is 10.1. The van der Waals surface area contributed by atoms with Gasteiger partial charge in [0, 0.05) is 24.7 Å². The van der Waals surface area contributed by atoms with E-state index in [9.17, 15) is 14.0 Å². The molecule has 9 heteroatoms. The molecular weight excluding hydrogens is 417 g/mol. The van der Waals surface area contributed by atoms with E-state index in [-0.39, 0.29) is 34.7 Å². The van der Waals surface area contributed by atoms with Gasteiger partial charge < -0.3 is 15.4 Å². The van der Waals surface area contributed by atoms with Crippen molar-refractivity contribution in [3.63, 3.8) is 0 Å². The highest BCUT2D eigenvalue weighted by atomic mass is 35.5. The second kappa shape index (κ2) is 13.5. The summed E-state index contributed by atoms with van der Waals surface area (Å²) in [4.78, 5) is 24.2. The van der Waals surface area contributed by atoms with Crippen LogP contribution in [0.4, 0.5) is 4.39 Å². The minimum atomic E-state index is -0.618. The van der Waals surface area contributed by atoms with Crippen LogP contribution in [0.15, 0.2) is 30.5 Å². The predicted octanol–water partition coefficient (Wildman–Crippen LogP) is 3.46. The van der Waals surface area contributed by atoms with Crippen molar-refractivity contribution in [1.82, 2.24) is 16.0 Å².